The number of amides is 2. The highest BCUT2D eigenvalue weighted by Gasteiger charge is 2.27. The van der Waals surface area contributed by atoms with Crippen LogP contribution in [-0.2, 0) is 11.3 Å². The molecule has 0 saturated heterocycles. The molecule has 0 unspecified atom stereocenters. The number of ether oxygens (including phenoxy) is 1. The number of benzene rings is 3. The third-order valence-corrected chi connectivity index (χ3v) is 5.22. The molecule has 6 heteroatoms. The third kappa shape index (κ3) is 3.89. The zero-order chi connectivity index (χ0) is 21.3. The van der Waals surface area contributed by atoms with Crippen LogP contribution in [0.5, 0.6) is 5.75 Å². The summed E-state index contributed by atoms with van der Waals surface area (Å²) in [5, 5.41) is 2.86. The molecule has 1 N–H and O–H groups in total. The smallest absolute Gasteiger partial charge is 0.265 e. The number of carbonyl (C=O) groups is 2. The maximum atomic E-state index is 14.1. The summed E-state index contributed by atoms with van der Waals surface area (Å²) in [6.07, 6.45) is 0. The van der Waals surface area contributed by atoms with Gasteiger partial charge >= 0.3 is 0 Å². The molecule has 2 amide bonds. The van der Waals surface area contributed by atoms with Gasteiger partial charge in [-0.25, -0.2) is 4.39 Å². The van der Waals surface area contributed by atoms with Crippen molar-refractivity contribution in [3.8, 4) is 5.75 Å². The van der Waals surface area contributed by atoms with Crippen molar-refractivity contribution >= 4 is 23.2 Å². The molecule has 0 atom stereocenters. The molecule has 0 saturated carbocycles. The molecule has 0 aliphatic carbocycles. The quantitative estimate of drug-likeness (QED) is 0.690. The van der Waals surface area contributed by atoms with Gasteiger partial charge in [-0.1, -0.05) is 24.3 Å². The van der Waals surface area contributed by atoms with Crippen molar-refractivity contribution in [1.82, 2.24) is 0 Å². The number of aryl methyl sites for hydroxylation is 2. The van der Waals surface area contributed by atoms with Crippen LogP contribution in [0.4, 0.5) is 15.8 Å². The summed E-state index contributed by atoms with van der Waals surface area (Å²) in [7, 11) is 0. The molecule has 30 heavy (non-hydrogen) atoms. The Morgan fingerprint density at radius 3 is 2.63 bits per heavy atom. The molecule has 1 aliphatic heterocycles. The topological polar surface area (TPSA) is 58.6 Å². The average molecular weight is 404 g/mol. The van der Waals surface area contributed by atoms with E-state index in [4.69, 9.17) is 4.74 Å². The largest absolute Gasteiger partial charge is 0.482 e. The fraction of sp³-hybridized carbons (Fsp3) is 0.167. The number of carbonyl (C=O) groups excluding carboxylic acids is 2. The van der Waals surface area contributed by atoms with E-state index in [0.717, 1.165) is 11.1 Å². The van der Waals surface area contributed by atoms with Gasteiger partial charge in [0, 0.05) is 16.8 Å². The lowest BCUT2D eigenvalue weighted by atomic mass is 10.1. The molecular formula is C24H21FN2O3. The van der Waals surface area contributed by atoms with Crippen molar-refractivity contribution in [2.75, 3.05) is 16.8 Å². The molecule has 0 bridgehead atoms. The van der Waals surface area contributed by atoms with E-state index >= 15 is 0 Å². The Hall–Kier alpha value is -3.67. The fourth-order valence-electron chi connectivity index (χ4n) is 3.34. The van der Waals surface area contributed by atoms with Gasteiger partial charge in [-0.3, -0.25) is 9.59 Å². The van der Waals surface area contributed by atoms with E-state index < -0.39 is 0 Å². The van der Waals surface area contributed by atoms with Crippen LogP contribution < -0.4 is 15.0 Å². The predicted molar refractivity (Wildman–Crippen MR) is 113 cm³/mol. The van der Waals surface area contributed by atoms with Gasteiger partial charge in [0.15, 0.2) is 6.61 Å². The number of rotatable bonds is 4. The van der Waals surface area contributed by atoms with E-state index in [0.29, 0.717) is 28.3 Å². The third-order valence-electron chi connectivity index (χ3n) is 5.22. The van der Waals surface area contributed by atoms with Crippen molar-refractivity contribution < 1.29 is 18.7 Å². The lowest BCUT2D eigenvalue weighted by Gasteiger charge is -2.30. The first-order valence-corrected chi connectivity index (χ1v) is 9.61. The lowest BCUT2D eigenvalue weighted by molar-refractivity contribution is -0.121. The molecule has 1 heterocycles. The Morgan fingerprint density at radius 1 is 1.07 bits per heavy atom. The molecule has 0 aromatic heterocycles. The number of nitrogens with zero attached hydrogens (tertiary/aromatic N) is 1. The Balaban J connectivity index is 1.61. The lowest BCUT2D eigenvalue weighted by Crippen LogP contribution is -2.38. The summed E-state index contributed by atoms with van der Waals surface area (Å²) in [6.45, 7) is 3.91. The fourth-order valence-corrected chi connectivity index (χ4v) is 3.34. The van der Waals surface area contributed by atoms with Gasteiger partial charge in [-0.05, 0) is 61.4 Å². The molecule has 3 aromatic rings. The SMILES string of the molecule is Cc1ccc(C(=O)Nc2ccc3c(c2)N(Cc2ccccc2F)C(=O)CO3)cc1C. The number of hydrogen-bond acceptors (Lipinski definition) is 3. The van der Waals surface area contributed by atoms with Crippen molar-refractivity contribution in [3.05, 3.63) is 88.7 Å². The Morgan fingerprint density at radius 2 is 1.87 bits per heavy atom. The van der Waals surface area contributed by atoms with Crippen molar-refractivity contribution in [3.63, 3.8) is 0 Å². The van der Waals surface area contributed by atoms with Gasteiger partial charge in [0.05, 0.1) is 12.2 Å². The maximum absolute atomic E-state index is 14.1. The second-order valence-electron chi connectivity index (χ2n) is 7.30. The van der Waals surface area contributed by atoms with Crippen LogP contribution in [-0.4, -0.2) is 18.4 Å². The van der Waals surface area contributed by atoms with E-state index in [1.54, 1.807) is 42.5 Å². The second-order valence-corrected chi connectivity index (χ2v) is 7.30. The van der Waals surface area contributed by atoms with Crippen molar-refractivity contribution in [2.24, 2.45) is 0 Å². The van der Waals surface area contributed by atoms with Crippen LogP contribution in [0, 0.1) is 19.7 Å². The first-order valence-electron chi connectivity index (χ1n) is 9.61. The number of fused-ring (bicyclic) bond motifs is 1. The highest BCUT2D eigenvalue weighted by atomic mass is 19.1. The summed E-state index contributed by atoms with van der Waals surface area (Å²) < 4.78 is 19.6. The molecule has 0 spiro atoms. The zero-order valence-corrected chi connectivity index (χ0v) is 16.7. The second kappa shape index (κ2) is 7.99. The highest BCUT2D eigenvalue weighted by Crippen LogP contribution is 2.36. The summed E-state index contributed by atoms with van der Waals surface area (Å²) in [6, 6.07) is 16.9. The summed E-state index contributed by atoms with van der Waals surface area (Å²) in [4.78, 5) is 26.6. The molecule has 152 valence electrons. The zero-order valence-electron chi connectivity index (χ0n) is 16.7. The average Bonchev–Trinajstić information content (AvgIpc) is 2.73. The highest BCUT2D eigenvalue weighted by molar-refractivity contribution is 6.05. The van der Waals surface area contributed by atoms with E-state index in [9.17, 15) is 14.0 Å². The van der Waals surface area contributed by atoms with Crippen LogP contribution in [0.15, 0.2) is 60.7 Å². The van der Waals surface area contributed by atoms with E-state index in [1.165, 1.54) is 11.0 Å². The molecular weight excluding hydrogens is 383 g/mol. The van der Waals surface area contributed by atoms with Gasteiger partial charge < -0.3 is 15.0 Å². The Bertz CT molecular complexity index is 1140. The number of hydrogen-bond donors (Lipinski definition) is 1. The Kier molecular flexibility index (Phi) is 5.23. The maximum Gasteiger partial charge on any atom is 0.265 e. The normalized spacial score (nSPS) is 12.9. The minimum Gasteiger partial charge on any atom is -0.482 e. The number of anilines is 2. The van der Waals surface area contributed by atoms with Crippen LogP contribution in [0.2, 0.25) is 0 Å². The first-order chi connectivity index (χ1) is 14.4. The van der Waals surface area contributed by atoms with Crippen molar-refractivity contribution in [2.45, 2.75) is 20.4 Å². The van der Waals surface area contributed by atoms with E-state index in [-0.39, 0.29) is 30.8 Å². The van der Waals surface area contributed by atoms with Gasteiger partial charge in [0.2, 0.25) is 0 Å². The molecule has 3 aromatic carbocycles. The molecule has 0 radical (unpaired) electrons. The van der Waals surface area contributed by atoms with Gasteiger partial charge in [0.1, 0.15) is 11.6 Å². The van der Waals surface area contributed by atoms with E-state index in [2.05, 4.69) is 5.32 Å². The van der Waals surface area contributed by atoms with Gasteiger partial charge in [-0.2, -0.15) is 0 Å². The van der Waals surface area contributed by atoms with Gasteiger partial charge in [-0.15, -0.1) is 0 Å². The summed E-state index contributed by atoms with van der Waals surface area (Å²) in [5.41, 5.74) is 4.11. The minimum atomic E-state index is -0.377. The predicted octanol–water partition coefficient (Wildman–Crippen LogP) is 4.62. The molecule has 4 rings (SSSR count). The Labute approximate surface area is 174 Å². The van der Waals surface area contributed by atoms with Gasteiger partial charge in [0.25, 0.3) is 11.8 Å². The number of nitrogens with one attached hydrogen (secondary N) is 1. The minimum absolute atomic E-state index is 0.0798. The van der Waals surface area contributed by atoms with Crippen LogP contribution in [0.1, 0.15) is 27.0 Å². The number of halogens is 1. The van der Waals surface area contributed by atoms with Crippen molar-refractivity contribution in [1.29, 1.82) is 0 Å². The van der Waals surface area contributed by atoms with Crippen LogP contribution >= 0.6 is 0 Å². The standard InChI is InChI=1S/C24H21FN2O3/c1-15-7-8-17(11-16(15)2)24(29)26-19-9-10-22-21(12-19)27(23(28)14-30-22)13-18-5-3-4-6-20(18)25/h3-12H,13-14H2,1-2H3,(H,26,29). The molecule has 1 aliphatic rings. The molecule has 5 nitrogen and oxygen atoms in total. The molecule has 0 fully saturated rings. The van der Waals surface area contributed by atoms with Crippen LogP contribution in [0.25, 0.3) is 0 Å². The van der Waals surface area contributed by atoms with Crippen LogP contribution in [0.3, 0.4) is 0 Å². The first kappa shape index (κ1) is 19.6. The van der Waals surface area contributed by atoms with E-state index in [1.807, 2.05) is 26.0 Å². The monoisotopic (exact) mass is 404 g/mol. The summed E-state index contributed by atoms with van der Waals surface area (Å²) >= 11 is 0. The summed E-state index contributed by atoms with van der Waals surface area (Å²) in [5.74, 6) is -0.391.